The second-order valence-electron chi connectivity index (χ2n) is 4.38. The highest BCUT2D eigenvalue weighted by molar-refractivity contribution is 9.10. The van der Waals surface area contributed by atoms with Gasteiger partial charge in [-0.2, -0.15) is 5.10 Å². The molecule has 0 saturated carbocycles. The normalized spacial score (nSPS) is 17.7. The predicted octanol–water partition coefficient (Wildman–Crippen LogP) is 1.73. The molecule has 0 radical (unpaired) electrons. The van der Waals surface area contributed by atoms with Crippen molar-refractivity contribution < 1.29 is 0 Å². The van der Waals surface area contributed by atoms with Gasteiger partial charge in [-0.3, -0.25) is 10.00 Å². The number of rotatable bonds is 2. The van der Waals surface area contributed by atoms with Crippen LogP contribution in [0.1, 0.15) is 5.56 Å². The second-order valence-corrected chi connectivity index (χ2v) is 5.17. The fourth-order valence-electron chi connectivity index (χ4n) is 2.30. The van der Waals surface area contributed by atoms with Crippen molar-refractivity contribution in [2.45, 2.75) is 6.54 Å². The molecule has 2 N–H and O–H groups in total. The minimum atomic E-state index is 0.967. The quantitative estimate of drug-likeness (QED) is 0.887. The third-order valence-corrected chi connectivity index (χ3v) is 3.83. The van der Waals surface area contributed by atoms with Crippen LogP contribution in [0.25, 0.3) is 10.9 Å². The van der Waals surface area contributed by atoms with Gasteiger partial charge < -0.3 is 5.32 Å². The molecule has 90 valence electrons. The zero-order valence-electron chi connectivity index (χ0n) is 9.54. The molecule has 0 bridgehead atoms. The lowest BCUT2D eigenvalue weighted by atomic mass is 10.1. The van der Waals surface area contributed by atoms with Gasteiger partial charge in [0.1, 0.15) is 4.60 Å². The molecule has 0 aliphatic carbocycles. The first-order valence-corrected chi connectivity index (χ1v) is 6.68. The molecule has 4 nitrogen and oxygen atoms in total. The maximum Gasteiger partial charge on any atom is 0.108 e. The zero-order valence-corrected chi connectivity index (χ0v) is 11.1. The highest BCUT2D eigenvalue weighted by atomic mass is 79.9. The number of aromatic amines is 1. The molecule has 0 amide bonds. The first-order valence-electron chi connectivity index (χ1n) is 5.89. The number of piperazine rings is 1. The van der Waals surface area contributed by atoms with E-state index in [0.717, 1.165) is 48.2 Å². The van der Waals surface area contributed by atoms with Gasteiger partial charge >= 0.3 is 0 Å². The third kappa shape index (κ3) is 2.22. The second kappa shape index (κ2) is 4.76. The van der Waals surface area contributed by atoms with Gasteiger partial charge in [0.15, 0.2) is 0 Å². The molecule has 17 heavy (non-hydrogen) atoms. The van der Waals surface area contributed by atoms with Gasteiger partial charge in [-0.25, -0.2) is 0 Å². The summed E-state index contributed by atoms with van der Waals surface area (Å²) in [5, 5.41) is 11.9. The lowest BCUT2D eigenvalue weighted by Gasteiger charge is -2.27. The number of benzene rings is 1. The monoisotopic (exact) mass is 294 g/mol. The van der Waals surface area contributed by atoms with E-state index < -0.39 is 0 Å². The van der Waals surface area contributed by atoms with E-state index in [9.17, 15) is 0 Å². The largest absolute Gasteiger partial charge is 0.314 e. The van der Waals surface area contributed by atoms with Gasteiger partial charge in [-0.05, 0) is 21.5 Å². The van der Waals surface area contributed by atoms with Gasteiger partial charge in [0.2, 0.25) is 0 Å². The lowest BCUT2D eigenvalue weighted by molar-refractivity contribution is 0.234. The Morgan fingerprint density at radius 1 is 1.29 bits per heavy atom. The summed E-state index contributed by atoms with van der Waals surface area (Å²) in [4.78, 5) is 2.47. The molecule has 1 aromatic carbocycles. The Balaban J connectivity index is 1.89. The highest BCUT2D eigenvalue weighted by Gasteiger charge is 2.13. The van der Waals surface area contributed by atoms with Crippen molar-refractivity contribution in [3.8, 4) is 0 Å². The number of hydrogen-bond donors (Lipinski definition) is 2. The highest BCUT2D eigenvalue weighted by Crippen LogP contribution is 2.24. The summed E-state index contributed by atoms with van der Waals surface area (Å²) >= 11 is 3.48. The maximum absolute atomic E-state index is 4.37. The number of H-pyrrole nitrogens is 1. The molecule has 1 fully saturated rings. The first kappa shape index (κ1) is 11.2. The predicted molar refractivity (Wildman–Crippen MR) is 71.9 cm³/mol. The van der Waals surface area contributed by atoms with Crippen LogP contribution in [0.4, 0.5) is 0 Å². The average Bonchev–Trinajstić information content (AvgIpc) is 2.74. The fourth-order valence-corrected chi connectivity index (χ4v) is 2.71. The Morgan fingerprint density at radius 2 is 2.12 bits per heavy atom. The fraction of sp³-hybridized carbons (Fsp3) is 0.417. The number of halogens is 1. The van der Waals surface area contributed by atoms with E-state index in [4.69, 9.17) is 0 Å². The summed E-state index contributed by atoms with van der Waals surface area (Å²) in [6.07, 6.45) is 0. The summed E-state index contributed by atoms with van der Waals surface area (Å²) in [6, 6.07) is 6.35. The molecule has 1 aromatic heterocycles. The Bertz CT molecular complexity index is 516. The van der Waals surface area contributed by atoms with E-state index in [-0.39, 0.29) is 0 Å². The number of fused-ring (bicyclic) bond motifs is 1. The average molecular weight is 295 g/mol. The molecule has 2 aromatic rings. The standard InChI is InChI=1S/C12H15BrN4/c13-12-10-3-1-2-9(11(10)15-16-12)8-17-6-4-14-5-7-17/h1-3,14H,4-8H2,(H,15,16). The minimum Gasteiger partial charge on any atom is -0.314 e. The molecular weight excluding hydrogens is 280 g/mol. The van der Waals surface area contributed by atoms with Crippen LogP contribution in [0.2, 0.25) is 0 Å². The molecule has 2 heterocycles. The van der Waals surface area contributed by atoms with Crippen LogP contribution in [0.3, 0.4) is 0 Å². The van der Waals surface area contributed by atoms with Crippen molar-refractivity contribution in [2.24, 2.45) is 0 Å². The molecule has 0 atom stereocenters. The van der Waals surface area contributed by atoms with E-state index in [1.807, 2.05) is 0 Å². The van der Waals surface area contributed by atoms with E-state index in [1.165, 1.54) is 5.56 Å². The zero-order chi connectivity index (χ0) is 11.7. The van der Waals surface area contributed by atoms with Crippen LogP contribution in [0, 0.1) is 0 Å². The Hall–Kier alpha value is -0.910. The summed E-state index contributed by atoms with van der Waals surface area (Å²) in [6.45, 7) is 5.38. The van der Waals surface area contributed by atoms with Gasteiger partial charge in [0.05, 0.1) is 5.52 Å². The number of nitrogens with one attached hydrogen (secondary N) is 2. The van der Waals surface area contributed by atoms with E-state index in [0.29, 0.717) is 0 Å². The topological polar surface area (TPSA) is 44.0 Å². The smallest absolute Gasteiger partial charge is 0.108 e. The number of aromatic nitrogens is 2. The molecule has 1 saturated heterocycles. The van der Waals surface area contributed by atoms with Crippen molar-refractivity contribution in [2.75, 3.05) is 26.2 Å². The van der Waals surface area contributed by atoms with Crippen LogP contribution in [-0.2, 0) is 6.54 Å². The van der Waals surface area contributed by atoms with Crippen LogP contribution < -0.4 is 5.32 Å². The summed E-state index contributed by atoms with van der Waals surface area (Å²) < 4.78 is 0.967. The first-order chi connectivity index (χ1) is 8.34. The Kier molecular flexibility index (Phi) is 3.13. The Labute approximate surface area is 109 Å². The van der Waals surface area contributed by atoms with E-state index >= 15 is 0 Å². The van der Waals surface area contributed by atoms with Gasteiger partial charge in [0.25, 0.3) is 0 Å². The number of nitrogens with zero attached hydrogens (tertiary/aromatic N) is 2. The number of hydrogen-bond acceptors (Lipinski definition) is 3. The molecule has 0 spiro atoms. The van der Waals surface area contributed by atoms with Gasteiger partial charge in [-0.1, -0.05) is 18.2 Å². The molecule has 3 rings (SSSR count). The van der Waals surface area contributed by atoms with Gasteiger partial charge in [-0.15, -0.1) is 0 Å². The SMILES string of the molecule is Brc1[nH]nc2c(CN3CCNCC3)cccc12. The molecule has 5 heteroatoms. The summed E-state index contributed by atoms with van der Waals surface area (Å²) in [5.74, 6) is 0. The van der Waals surface area contributed by atoms with Crippen LogP contribution in [-0.4, -0.2) is 41.3 Å². The number of para-hydroxylation sites is 1. The van der Waals surface area contributed by atoms with Crippen LogP contribution in [0.5, 0.6) is 0 Å². The molecular formula is C12H15BrN4. The van der Waals surface area contributed by atoms with Crippen LogP contribution >= 0.6 is 15.9 Å². The van der Waals surface area contributed by atoms with Crippen molar-refractivity contribution in [1.82, 2.24) is 20.4 Å². The van der Waals surface area contributed by atoms with Crippen molar-refractivity contribution in [1.29, 1.82) is 0 Å². The van der Waals surface area contributed by atoms with E-state index in [2.05, 4.69) is 54.5 Å². The molecule has 1 aliphatic rings. The maximum atomic E-state index is 4.37. The summed E-state index contributed by atoms with van der Waals surface area (Å²) in [5.41, 5.74) is 2.38. The Morgan fingerprint density at radius 3 is 2.94 bits per heavy atom. The molecule has 1 aliphatic heterocycles. The summed E-state index contributed by atoms with van der Waals surface area (Å²) in [7, 11) is 0. The third-order valence-electron chi connectivity index (χ3n) is 3.23. The minimum absolute atomic E-state index is 0.967. The van der Waals surface area contributed by atoms with Gasteiger partial charge in [0, 0.05) is 38.1 Å². The van der Waals surface area contributed by atoms with Crippen molar-refractivity contribution >= 4 is 26.8 Å². The molecule has 0 unspecified atom stereocenters. The van der Waals surface area contributed by atoms with Crippen molar-refractivity contribution in [3.63, 3.8) is 0 Å². The van der Waals surface area contributed by atoms with Crippen LogP contribution in [0.15, 0.2) is 22.8 Å². The van der Waals surface area contributed by atoms with E-state index in [1.54, 1.807) is 0 Å². The van der Waals surface area contributed by atoms with Crippen molar-refractivity contribution in [3.05, 3.63) is 28.4 Å². The lowest BCUT2D eigenvalue weighted by Crippen LogP contribution is -2.42.